The Morgan fingerprint density at radius 2 is 2.17 bits per heavy atom. The van der Waals surface area contributed by atoms with Crippen molar-refractivity contribution in [2.45, 2.75) is 0 Å². The van der Waals surface area contributed by atoms with E-state index in [-0.39, 0.29) is 11.7 Å². The molecule has 0 atom stereocenters. The van der Waals surface area contributed by atoms with Gasteiger partial charge in [-0.1, -0.05) is 11.6 Å². The van der Waals surface area contributed by atoms with Crippen LogP contribution >= 0.6 is 46.0 Å². The molecule has 0 spiro atoms. The fourth-order valence-electron chi connectivity index (χ4n) is 1.16. The molecule has 98 valence electrons. The van der Waals surface area contributed by atoms with Gasteiger partial charge in [0.1, 0.15) is 0 Å². The fourth-order valence-corrected chi connectivity index (χ4v) is 2.48. The van der Waals surface area contributed by atoms with Crippen LogP contribution in [0, 0.1) is 3.57 Å². The van der Waals surface area contributed by atoms with Crippen molar-refractivity contribution in [2.75, 3.05) is 18.1 Å². The summed E-state index contributed by atoms with van der Waals surface area (Å²) in [4.78, 5) is 22.1. The van der Waals surface area contributed by atoms with E-state index in [0.717, 1.165) is 3.57 Å². The summed E-state index contributed by atoms with van der Waals surface area (Å²) in [6, 6.07) is 5.11. The number of carboxylic acid groups (broad SMARTS) is 1. The number of halogens is 2. The number of carbonyl (C=O) groups excluding carboxylic acids is 1. The summed E-state index contributed by atoms with van der Waals surface area (Å²) in [6.45, 7) is 0.430. The molecular formula is C11H11ClINO3S. The number of nitrogens with one attached hydrogen (secondary N) is 1. The summed E-state index contributed by atoms with van der Waals surface area (Å²) in [7, 11) is 0. The second kappa shape index (κ2) is 7.85. The average Bonchev–Trinajstić information content (AvgIpc) is 2.31. The van der Waals surface area contributed by atoms with Gasteiger partial charge in [0.15, 0.2) is 0 Å². The number of hydrogen-bond acceptors (Lipinski definition) is 3. The van der Waals surface area contributed by atoms with Gasteiger partial charge in [0.2, 0.25) is 0 Å². The largest absolute Gasteiger partial charge is 0.481 e. The zero-order chi connectivity index (χ0) is 13.5. The lowest BCUT2D eigenvalue weighted by Crippen LogP contribution is -2.26. The molecule has 0 saturated carbocycles. The van der Waals surface area contributed by atoms with Crippen molar-refractivity contribution in [1.29, 1.82) is 0 Å². The monoisotopic (exact) mass is 399 g/mol. The lowest BCUT2D eigenvalue weighted by molar-refractivity contribution is -0.133. The first-order valence-corrected chi connectivity index (χ1v) is 7.64. The van der Waals surface area contributed by atoms with Crippen molar-refractivity contribution < 1.29 is 14.7 Å². The summed E-state index contributed by atoms with van der Waals surface area (Å²) < 4.78 is 0.827. The van der Waals surface area contributed by atoms with Gasteiger partial charge in [-0.3, -0.25) is 9.59 Å². The third kappa shape index (κ3) is 5.45. The Morgan fingerprint density at radius 1 is 1.44 bits per heavy atom. The summed E-state index contributed by atoms with van der Waals surface area (Å²) in [5.74, 6) is -0.437. The van der Waals surface area contributed by atoms with Gasteiger partial charge in [0.25, 0.3) is 5.91 Å². The molecule has 7 heteroatoms. The van der Waals surface area contributed by atoms with E-state index in [1.54, 1.807) is 18.2 Å². The van der Waals surface area contributed by atoms with E-state index >= 15 is 0 Å². The molecule has 0 fully saturated rings. The first kappa shape index (κ1) is 15.6. The van der Waals surface area contributed by atoms with Crippen LogP contribution in [-0.4, -0.2) is 35.0 Å². The second-order valence-electron chi connectivity index (χ2n) is 3.33. The van der Waals surface area contributed by atoms with Crippen LogP contribution in [0.3, 0.4) is 0 Å². The summed E-state index contributed by atoms with van der Waals surface area (Å²) in [5, 5.41) is 11.7. The fraction of sp³-hybridized carbons (Fsp3) is 0.273. The molecule has 0 bridgehead atoms. The summed E-state index contributed by atoms with van der Waals surface area (Å²) in [5.41, 5.74) is 0.534. The van der Waals surface area contributed by atoms with Crippen LogP contribution < -0.4 is 5.32 Å². The van der Waals surface area contributed by atoms with E-state index in [4.69, 9.17) is 16.7 Å². The molecule has 4 nitrogen and oxygen atoms in total. The first-order valence-electron chi connectivity index (χ1n) is 5.03. The Hall–Kier alpha value is -0.470. The number of aliphatic carboxylic acids is 1. The Kier molecular flexibility index (Phi) is 6.80. The molecule has 18 heavy (non-hydrogen) atoms. The van der Waals surface area contributed by atoms with Crippen LogP contribution in [0.5, 0.6) is 0 Å². The molecule has 0 radical (unpaired) electrons. The van der Waals surface area contributed by atoms with E-state index in [9.17, 15) is 9.59 Å². The van der Waals surface area contributed by atoms with E-state index in [1.165, 1.54) is 11.8 Å². The minimum atomic E-state index is -0.851. The van der Waals surface area contributed by atoms with E-state index < -0.39 is 5.97 Å². The van der Waals surface area contributed by atoms with E-state index in [2.05, 4.69) is 27.9 Å². The lowest BCUT2D eigenvalue weighted by atomic mass is 10.2. The zero-order valence-electron chi connectivity index (χ0n) is 9.28. The second-order valence-corrected chi connectivity index (χ2v) is 6.03. The maximum atomic E-state index is 11.8. The highest BCUT2D eigenvalue weighted by atomic mass is 127. The van der Waals surface area contributed by atoms with Gasteiger partial charge in [-0.15, -0.1) is 11.8 Å². The number of benzene rings is 1. The number of thioether (sulfide) groups is 1. The Balaban J connectivity index is 2.41. The van der Waals surface area contributed by atoms with E-state index in [1.807, 2.05) is 0 Å². The maximum Gasteiger partial charge on any atom is 0.313 e. The van der Waals surface area contributed by atoms with Crippen molar-refractivity contribution >= 4 is 57.8 Å². The van der Waals surface area contributed by atoms with Gasteiger partial charge in [-0.05, 0) is 40.8 Å². The van der Waals surface area contributed by atoms with Crippen LogP contribution in [0.25, 0.3) is 0 Å². The van der Waals surface area contributed by atoms with Gasteiger partial charge in [-0.25, -0.2) is 0 Å². The molecule has 2 N–H and O–H groups in total. The van der Waals surface area contributed by atoms with Crippen molar-refractivity contribution in [3.63, 3.8) is 0 Å². The van der Waals surface area contributed by atoms with Crippen molar-refractivity contribution in [3.8, 4) is 0 Å². The number of carbonyl (C=O) groups is 2. The highest BCUT2D eigenvalue weighted by molar-refractivity contribution is 14.1. The molecule has 1 amide bonds. The van der Waals surface area contributed by atoms with Gasteiger partial charge < -0.3 is 10.4 Å². The van der Waals surface area contributed by atoms with Gasteiger partial charge in [-0.2, -0.15) is 0 Å². The molecule has 0 unspecified atom stereocenters. The molecular weight excluding hydrogens is 389 g/mol. The third-order valence-corrected chi connectivity index (χ3v) is 4.05. The lowest BCUT2D eigenvalue weighted by Gasteiger charge is -2.06. The normalized spacial score (nSPS) is 10.1. The number of carboxylic acids is 1. The van der Waals surface area contributed by atoms with Crippen molar-refractivity contribution in [2.24, 2.45) is 0 Å². The molecule has 0 aromatic heterocycles. The molecule has 0 aliphatic carbocycles. The van der Waals surface area contributed by atoms with Crippen molar-refractivity contribution in [3.05, 3.63) is 32.4 Å². The first-order chi connectivity index (χ1) is 8.50. The highest BCUT2D eigenvalue weighted by Gasteiger charge is 2.09. The van der Waals surface area contributed by atoms with Crippen LogP contribution in [-0.2, 0) is 4.79 Å². The Bertz CT molecular complexity index is 456. The molecule has 1 aromatic carbocycles. The maximum absolute atomic E-state index is 11.8. The summed E-state index contributed by atoms with van der Waals surface area (Å²) in [6.07, 6.45) is 0. The van der Waals surface area contributed by atoms with Crippen LogP contribution in [0.1, 0.15) is 10.4 Å². The van der Waals surface area contributed by atoms with Gasteiger partial charge in [0, 0.05) is 20.9 Å². The SMILES string of the molecule is O=C(O)CSCCNC(=O)c1cc(Cl)ccc1I. The average molecular weight is 400 g/mol. The van der Waals surface area contributed by atoms with Gasteiger partial charge in [0.05, 0.1) is 11.3 Å². The predicted molar refractivity (Wildman–Crippen MR) is 81.5 cm³/mol. The zero-order valence-corrected chi connectivity index (χ0v) is 13.0. The Labute approximate surface area is 128 Å². The van der Waals surface area contributed by atoms with Crippen LogP contribution in [0.4, 0.5) is 0 Å². The van der Waals surface area contributed by atoms with Crippen LogP contribution in [0.2, 0.25) is 5.02 Å². The number of amides is 1. The minimum absolute atomic E-state index is 0.0462. The highest BCUT2D eigenvalue weighted by Crippen LogP contribution is 2.17. The quantitative estimate of drug-likeness (QED) is 0.570. The standard InChI is InChI=1S/C11H11ClINO3S/c12-7-1-2-9(13)8(5-7)11(17)14-3-4-18-6-10(15)16/h1-2,5H,3-4,6H2,(H,14,17)(H,15,16). The van der Waals surface area contributed by atoms with E-state index in [0.29, 0.717) is 22.9 Å². The molecule has 0 heterocycles. The third-order valence-electron chi connectivity index (χ3n) is 1.93. The molecule has 0 saturated heterocycles. The van der Waals surface area contributed by atoms with Crippen molar-refractivity contribution in [1.82, 2.24) is 5.32 Å². The van der Waals surface area contributed by atoms with Gasteiger partial charge >= 0.3 is 5.97 Å². The molecule has 1 rings (SSSR count). The number of rotatable bonds is 6. The molecule has 1 aromatic rings. The smallest absolute Gasteiger partial charge is 0.313 e. The van der Waals surface area contributed by atoms with Crippen LogP contribution in [0.15, 0.2) is 18.2 Å². The molecule has 0 aliphatic rings. The summed E-state index contributed by atoms with van der Waals surface area (Å²) >= 11 is 9.16. The Morgan fingerprint density at radius 3 is 2.83 bits per heavy atom. The topological polar surface area (TPSA) is 66.4 Å². The molecule has 0 aliphatic heterocycles. The predicted octanol–water partition coefficient (Wildman–Crippen LogP) is 2.49. The number of hydrogen-bond donors (Lipinski definition) is 2. The minimum Gasteiger partial charge on any atom is -0.481 e.